The molecule has 0 saturated heterocycles. The minimum absolute atomic E-state index is 0.573. The summed E-state index contributed by atoms with van der Waals surface area (Å²) in [5, 5.41) is 17.7. The van der Waals surface area contributed by atoms with Gasteiger partial charge in [-0.2, -0.15) is 0 Å². The van der Waals surface area contributed by atoms with Gasteiger partial charge in [-0.15, -0.1) is 0 Å². The van der Waals surface area contributed by atoms with Crippen LogP contribution in [0.5, 0.6) is 5.75 Å². The molecule has 1 aromatic rings. The zero-order chi connectivity index (χ0) is 13.9. The summed E-state index contributed by atoms with van der Waals surface area (Å²) in [6.45, 7) is 2.23. The SMILES string of the molecule is CCCCCCCCCc1ccccc1OB(O)O. The molecule has 4 heteroatoms. The molecule has 0 atom stereocenters. The van der Waals surface area contributed by atoms with Gasteiger partial charge in [0.1, 0.15) is 5.75 Å². The normalized spacial score (nSPS) is 10.5. The van der Waals surface area contributed by atoms with E-state index in [0.29, 0.717) is 5.75 Å². The molecule has 0 aliphatic rings. The fourth-order valence-corrected chi connectivity index (χ4v) is 2.21. The Balaban J connectivity index is 2.25. The highest BCUT2D eigenvalue weighted by atomic mass is 16.6. The molecule has 2 N–H and O–H groups in total. The molecule has 0 aliphatic carbocycles. The molecule has 0 aromatic heterocycles. The van der Waals surface area contributed by atoms with E-state index in [1.54, 1.807) is 6.07 Å². The zero-order valence-electron chi connectivity index (χ0n) is 11.8. The van der Waals surface area contributed by atoms with E-state index in [2.05, 4.69) is 6.92 Å². The Labute approximate surface area is 116 Å². The minimum Gasteiger partial charge on any atom is -0.512 e. The Bertz CT molecular complexity index is 342. The second kappa shape index (κ2) is 9.87. The predicted octanol–water partition coefficient (Wildman–Crippen LogP) is 3.33. The van der Waals surface area contributed by atoms with Crippen LogP contribution in [0.25, 0.3) is 0 Å². The number of rotatable bonds is 10. The molecule has 0 spiro atoms. The van der Waals surface area contributed by atoms with Gasteiger partial charge in [-0.25, -0.2) is 0 Å². The molecule has 0 fully saturated rings. The Morgan fingerprint density at radius 2 is 1.58 bits per heavy atom. The van der Waals surface area contributed by atoms with Crippen molar-refractivity contribution < 1.29 is 14.7 Å². The maximum Gasteiger partial charge on any atom is 0.707 e. The zero-order valence-corrected chi connectivity index (χ0v) is 11.8. The van der Waals surface area contributed by atoms with Crippen molar-refractivity contribution >= 4 is 7.32 Å². The highest BCUT2D eigenvalue weighted by Crippen LogP contribution is 2.21. The number of hydrogen-bond acceptors (Lipinski definition) is 3. The van der Waals surface area contributed by atoms with E-state index in [0.717, 1.165) is 18.4 Å². The molecule has 0 aliphatic heterocycles. The number of benzene rings is 1. The van der Waals surface area contributed by atoms with Gasteiger partial charge in [-0.1, -0.05) is 63.6 Å². The third-order valence-electron chi connectivity index (χ3n) is 3.25. The number of para-hydroxylation sites is 1. The van der Waals surface area contributed by atoms with E-state index in [1.165, 1.54) is 38.5 Å². The molecule has 0 saturated carbocycles. The van der Waals surface area contributed by atoms with Crippen molar-refractivity contribution in [2.45, 2.75) is 58.3 Å². The van der Waals surface area contributed by atoms with Crippen molar-refractivity contribution in [1.82, 2.24) is 0 Å². The molecule has 1 rings (SSSR count). The summed E-state index contributed by atoms with van der Waals surface area (Å²) in [4.78, 5) is 0. The number of hydrogen-bond donors (Lipinski definition) is 2. The van der Waals surface area contributed by atoms with Gasteiger partial charge >= 0.3 is 7.32 Å². The van der Waals surface area contributed by atoms with Crippen molar-refractivity contribution in [3.8, 4) is 5.75 Å². The Morgan fingerprint density at radius 3 is 2.26 bits per heavy atom. The third kappa shape index (κ3) is 7.23. The Morgan fingerprint density at radius 1 is 0.947 bits per heavy atom. The summed E-state index contributed by atoms with van der Waals surface area (Å²) in [6, 6.07) is 7.55. The Kier molecular flexibility index (Phi) is 8.35. The fraction of sp³-hybridized carbons (Fsp3) is 0.600. The Hall–Kier alpha value is -0.995. The average Bonchev–Trinajstić information content (AvgIpc) is 2.39. The van der Waals surface area contributed by atoms with Gasteiger partial charge in [0.15, 0.2) is 0 Å². The first-order valence-electron chi connectivity index (χ1n) is 7.34. The maximum absolute atomic E-state index is 8.86. The van der Waals surface area contributed by atoms with E-state index in [1.807, 2.05) is 18.2 Å². The summed E-state index contributed by atoms with van der Waals surface area (Å²) in [6.07, 6.45) is 9.84. The number of unbranched alkanes of at least 4 members (excludes halogenated alkanes) is 6. The van der Waals surface area contributed by atoms with Crippen LogP contribution >= 0.6 is 0 Å². The second-order valence-corrected chi connectivity index (χ2v) is 4.92. The average molecular weight is 264 g/mol. The van der Waals surface area contributed by atoms with Crippen LogP contribution < -0.4 is 4.65 Å². The van der Waals surface area contributed by atoms with Crippen molar-refractivity contribution in [2.75, 3.05) is 0 Å². The molecule has 0 amide bonds. The first kappa shape index (κ1) is 16.1. The van der Waals surface area contributed by atoms with Crippen LogP contribution in [0, 0.1) is 0 Å². The molecule has 1 aromatic carbocycles. The topological polar surface area (TPSA) is 49.7 Å². The van der Waals surface area contributed by atoms with E-state index in [9.17, 15) is 0 Å². The molecule has 3 nitrogen and oxygen atoms in total. The van der Waals surface area contributed by atoms with E-state index in [-0.39, 0.29) is 0 Å². The van der Waals surface area contributed by atoms with Crippen LogP contribution in [0.2, 0.25) is 0 Å². The van der Waals surface area contributed by atoms with Crippen LogP contribution in [0.4, 0.5) is 0 Å². The summed E-state index contributed by atoms with van der Waals surface area (Å²) < 4.78 is 4.97. The van der Waals surface area contributed by atoms with E-state index in [4.69, 9.17) is 14.7 Å². The van der Waals surface area contributed by atoms with Crippen molar-refractivity contribution in [2.24, 2.45) is 0 Å². The van der Waals surface area contributed by atoms with Gasteiger partial charge in [0.05, 0.1) is 0 Å². The van der Waals surface area contributed by atoms with Crippen LogP contribution in [0.15, 0.2) is 24.3 Å². The quantitative estimate of drug-likeness (QED) is 0.503. The monoisotopic (exact) mass is 264 g/mol. The first-order chi connectivity index (χ1) is 9.24. The lowest BCUT2D eigenvalue weighted by atomic mass is 10.0. The predicted molar refractivity (Wildman–Crippen MR) is 79.0 cm³/mol. The summed E-state index contributed by atoms with van der Waals surface area (Å²) in [5.74, 6) is 0.573. The lowest BCUT2D eigenvalue weighted by Gasteiger charge is -2.10. The summed E-state index contributed by atoms with van der Waals surface area (Å²) >= 11 is 0. The molecular formula is C15H25BO3. The van der Waals surface area contributed by atoms with E-state index >= 15 is 0 Å². The summed E-state index contributed by atoms with van der Waals surface area (Å²) in [7, 11) is -1.74. The molecule has 0 heterocycles. The van der Waals surface area contributed by atoms with Crippen molar-refractivity contribution in [3.05, 3.63) is 29.8 Å². The molecule has 106 valence electrons. The lowest BCUT2D eigenvalue weighted by molar-refractivity contribution is 0.287. The molecule has 0 unspecified atom stereocenters. The van der Waals surface area contributed by atoms with Gasteiger partial charge < -0.3 is 14.7 Å². The molecular weight excluding hydrogens is 239 g/mol. The minimum atomic E-state index is -1.74. The van der Waals surface area contributed by atoms with Gasteiger partial charge in [0, 0.05) is 0 Å². The molecule has 0 bridgehead atoms. The first-order valence-corrected chi connectivity index (χ1v) is 7.34. The van der Waals surface area contributed by atoms with Crippen molar-refractivity contribution in [1.29, 1.82) is 0 Å². The third-order valence-corrected chi connectivity index (χ3v) is 3.25. The lowest BCUT2D eigenvalue weighted by Crippen LogP contribution is -2.21. The molecule has 0 radical (unpaired) electrons. The second-order valence-electron chi connectivity index (χ2n) is 4.92. The van der Waals surface area contributed by atoms with Crippen molar-refractivity contribution in [3.63, 3.8) is 0 Å². The standard InChI is InChI=1S/C15H25BO3/c1-2-3-4-5-6-7-8-11-14-12-9-10-13-15(14)19-16(17)18/h9-10,12-13,17-18H,2-8,11H2,1H3. The van der Waals surface area contributed by atoms with Gasteiger partial charge in [0.2, 0.25) is 0 Å². The van der Waals surface area contributed by atoms with Gasteiger partial charge in [0.25, 0.3) is 0 Å². The van der Waals surface area contributed by atoms with Gasteiger partial charge in [-0.3, -0.25) is 0 Å². The highest BCUT2D eigenvalue weighted by molar-refractivity contribution is 6.33. The van der Waals surface area contributed by atoms with Crippen LogP contribution in [0.3, 0.4) is 0 Å². The van der Waals surface area contributed by atoms with E-state index < -0.39 is 7.32 Å². The largest absolute Gasteiger partial charge is 0.707 e. The van der Waals surface area contributed by atoms with Crippen LogP contribution in [0.1, 0.15) is 57.4 Å². The molecule has 19 heavy (non-hydrogen) atoms. The maximum atomic E-state index is 8.86. The van der Waals surface area contributed by atoms with Gasteiger partial charge in [-0.05, 0) is 24.5 Å². The summed E-state index contributed by atoms with van der Waals surface area (Å²) in [5.41, 5.74) is 1.05. The smallest absolute Gasteiger partial charge is 0.512 e. The highest BCUT2D eigenvalue weighted by Gasteiger charge is 2.13. The fourth-order valence-electron chi connectivity index (χ4n) is 2.21. The number of aryl methyl sites for hydroxylation is 1. The van der Waals surface area contributed by atoms with Crippen LogP contribution in [-0.2, 0) is 6.42 Å². The van der Waals surface area contributed by atoms with Crippen LogP contribution in [-0.4, -0.2) is 17.4 Å².